The number of rotatable bonds is 7. The van der Waals surface area contributed by atoms with Crippen LogP contribution in [0.25, 0.3) is 0 Å². The highest BCUT2D eigenvalue weighted by Gasteiger charge is 2.20. The van der Waals surface area contributed by atoms with Gasteiger partial charge in [-0.05, 0) is 35.1 Å². The molecule has 0 saturated heterocycles. The van der Waals surface area contributed by atoms with Gasteiger partial charge in [0.1, 0.15) is 4.21 Å². The Balaban J connectivity index is 1.92. The van der Waals surface area contributed by atoms with Crippen molar-refractivity contribution >= 4 is 33.0 Å². The highest BCUT2D eigenvalue weighted by atomic mass is 32.2. The molecule has 6 nitrogen and oxygen atoms in total. The Hall–Kier alpha value is -1.90. The molecule has 2 rings (SSSR count). The number of nitrogens with one attached hydrogen (secondary N) is 1. The highest BCUT2D eigenvalue weighted by Crippen LogP contribution is 2.20. The van der Waals surface area contributed by atoms with E-state index in [1.54, 1.807) is 24.6 Å². The van der Waals surface area contributed by atoms with Gasteiger partial charge in [-0.15, -0.1) is 11.3 Å². The van der Waals surface area contributed by atoms with E-state index in [1.807, 2.05) is 18.2 Å². The largest absolute Gasteiger partial charge is 0.370 e. The van der Waals surface area contributed by atoms with Gasteiger partial charge < -0.3 is 11.1 Å². The van der Waals surface area contributed by atoms with Crippen LogP contribution in [0.1, 0.15) is 25.3 Å². The minimum Gasteiger partial charge on any atom is -0.370 e. The molecule has 0 aliphatic rings. The first-order valence-corrected chi connectivity index (χ1v) is 10.3. The summed E-state index contributed by atoms with van der Waals surface area (Å²) in [5.74, 6) is 0.693. The number of benzene rings is 1. The van der Waals surface area contributed by atoms with Gasteiger partial charge >= 0.3 is 0 Å². The van der Waals surface area contributed by atoms with Crippen molar-refractivity contribution in [3.8, 4) is 0 Å². The van der Waals surface area contributed by atoms with Gasteiger partial charge in [-0.1, -0.05) is 32.0 Å². The van der Waals surface area contributed by atoms with E-state index in [-0.39, 0.29) is 19.0 Å². The van der Waals surface area contributed by atoms with Crippen molar-refractivity contribution in [3.05, 3.63) is 47.3 Å². The number of guanidine groups is 1. The number of aliphatic imine (C=N–C) groups is 1. The van der Waals surface area contributed by atoms with Crippen molar-refractivity contribution < 1.29 is 8.42 Å². The Labute approximate surface area is 153 Å². The van der Waals surface area contributed by atoms with Gasteiger partial charge in [-0.2, -0.15) is 4.31 Å². The summed E-state index contributed by atoms with van der Waals surface area (Å²) in [7, 11) is -1.90. The number of hydrogen-bond acceptors (Lipinski definition) is 4. The maximum Gasteiger partial charge on any atom is 0.252 e. The minimum atomic E-state index is -3.45. The second-order valence-corrected chi connectivity index (χ2v) is 9.15. The zero-order chi connectivity index (χ0) is 18.4. The first-order valence-electron chi connectivity index (χ1n) is 7.97. The van der Waals surface area contributed by atoms with E-state index in [0.29, 0.717) is 10.1 Å². The van der Waals surface area contributed by atoms with E-state index in [9.17, 15) is 8.42 Å². The summed E-state index contributed by atoms with van der Waals surface area (Å²) in [6, 6.07) is 11.3. The van der Waals surface area contributed by atoms with Crippen LogP contribution in [0.4, 0.5) is 5.69 Å². The number of hydrogen-bond donors (Lipinski definition) is 2. The average molecular weight is 381 g/mol. The fourth-order valence-electron chi connectivity index (χ4n) is 2.16. The Morgan fingerprint density at radius 3 is 2.72 bits per heavy atom. The smallest absolute Gasteiger partial charge is 0.252 e. The van der Waals surface area contributed by atoms with Crippen LogP contribution in [0.5, 0.6) is 0 Å². The summed E-state index contributed by atoms with van der Waals surface area (Å²) >= 11 is 1.20. The van der Waals surface area contributed by atoms with Crippen LogP contribution in [-0.2, 0) is 10.0 Å². The third-order valence-corrected chi connectivity index (χ3v) is 6.91. The summed E-state index contributed by atoms with van der Waals surface area (Å²) in [6.45, 7) is 4.79. The monoisotopic (exact) mass is 380 g/mol. The van der Waals surface area contributed by atoms with Crippen molar-refractivity contribution in [2.75, 3.05) is 25.5 Å². The fraction of sp³-hybridized carbons (Fsp3) is 0.353. The van der Waals surface area contributed by atoms with E-state index in [0.717, 1.165) is 5.69 Å². The lowest BCUT2D eigenvalue weighted by Crippen LogP contribution is -2.30. The number of thiophene rings is 1. The second-order valence-electron chi connectivity index (χ2n) is 5.93. The van der Waals surface area contributed by atoms with Crippen LogP contribution in [0.3, 0.4) is 0 Å². The molecular weight excluding hydrogens is 356 g/mol. The molecule has 0 amide bonds. The highest BCUT2D eigenvalue weighted by molar-refractivity contribution is 7.91. The van der Waals surface area contributed by atoms with Crippen LogP contribution in [0.2, 0.25) is 0 Å². The molecule has 0 unspecified atom stereocenters. The average Bonchev–Trinajstić information content (AvgIpc) is 3.10. The van der Waals surface area contributed by atoms with Crippen LogP contribution in [-0.4, -0.2) is 38.8 Å². The Bertz CT molecular complexity index is 815. The number of anilines is 1. The molecule has 0 saturated carbocycles. The molecule has 2 aromatic rings. The first kappa shape index (κ1) is 19.4. The van der Waals surface area contributed by atoms with E-state index in [2.05, 4.69) is 30.2 Å². The molecule has 0 fully saturated rings. The number of nitrogens with two attached hydrogens (primary N) is 1. The summed E-state index contributed by atoms with van der Waals surface area (Å²) < 4.78 is 26.2. The zero-order valence-electron chi connectivity index (χ0n) is 14.6. The lowest BCUT2D eigenvalue weighted by molar-refractivity contribution is 0.479. The predicted molar refractivity (Wildman–Crippen MR) is 105 cm³/mol. The molecule has 1 aromatic carbocycles. The van der Waals surface area contributed by atoms with E-state index >= 15 is 0 Å². The second kappa shape index (κ2) is 8.46. The molecule has 1 aromatic heterocycles. The Morgan fingerprint density at radius 2 is 2.08 bits per heavy atom. The SMILES string of the molecule is CC(C)c1cccc(NC(N)=NCCN(C)S(=O)(=O)c2cccs2)c1. The van der Waals surface area contributed by atoms with Crippen molar-refractivity contribution in [2.24, 2.45) is 10.7 Å². The summed E-state index contributed by atoms with van der Waals surface area (Å²) in [5.41, 5.74) is 7.97. The summed E-state index contributed by atoms with van der Waals surface area (Å²) in [6.07, 6.45) is 0. The molecule has 0 atom stereocenters. The number of nitrogens with zero attached hydrogens (tertiary/aromatic N) is 2. The standard InChI is InChI=1S/C17H24N4O2S2/c1-13(2)14-6-4-7-15(12-14)20-17(18)19-9-10-21(3)25(22,23)16-8-5-11-24-16/h4-8,11-13H,9-10H2,1-3H3,(H3,18,19,20). The number of likely N-dealkylation sites (N-methyl/N-ethyl adjacent to an activating group) is 1. The Morgan fingerprint density at radius 1 is 1.32 bits per heavy atom. The lowest BCUT2D eigenvalue weighted by Gasteiger charge is -2.15. The van der Waals surface area contributed by atoms with Crippen LogP contribution >= 0.6 is 11.3 Å². The van der Waals surface area contributed by atoms with Crippen LogP contribution in [0, 0.1) is 0 Å². The first-order chi connectivity index (χ1) is 11.8. The fourth-order valence-corrected chi connectivity index (χ4v) is 4.52. The summed E-state index contributed by atoms with van der Waals surface area (Å²) in [5, 5.41) is 4.78. The molecule has 136 valence electrons. The van der Waals surface area contributed by atoms with Gasteiger partial charge in [0, 0.05) is 19.3 Å². The molecule has 0 radical (unpaired) electrons. The van der Waals surface area contributed by atoms with Crippen LogP contribution in [0.15, 0.2) is 51.0 Å². The molecule has 0 spiro atoms. The Kier molecular flexibility index (Phi) is 6.57. The summed E-state index contributed by atoms with van der Waals surface area (Å²) in [4.78, 5) is 4.21. The zero-order valence-corrected chi connectivity index (χ0v) is 16.3. The van der Waals surface area contributed by atoms with Gasteiger partial charge in [0.25, 0.3) is 10.0 Å². The molecule has 3 N–H and O–H groups in total. The molecule has 1 heterocycles. The maximum absolute atomic E-state index is 12.3. The minimum absolute atomic E-state index is 0.259. The van der Waals surface area contributed by atoms with Crippen molar-refractivity contribution in [1.82, 2.24) is 4.31 Å². The molecular formula is C17H24N4O2S2. The van der Waals surface area contributed by atoms with Gasteiger partial charge in [0.05, 0.1) is 6.54 Å². The molecule has 0 aliphatic carbocycles. The van der Waals surface area contributed by atoms with E-state index in [1.165, 1.54) is 21.2 Å². The topological polar surface area (TPSA) is 87.8 Å². The van der Waals surface area contributed by atoms with E-state index in [4.69, 9.17) is 5.73 Å². The molecule has 25 heavy (non-hydrogen) atoms. The maximum atomic E-state index is 12.3. The van der Waals surface area contributed by atoms with Crippen LogP contribution < -0.4 is 11.1 Å². The molecule has 0 bridgehead atoms. The predicted octanol–water partition coefficient (Wildman–Crippen LogP) is 2.92. The van der Waals surface area contributed by atoms with Gasteiger partial charge in [-0.3, -0.25) is 4.99 Å². The van der Waals surface area contributed by atoms with Gasteiger partial charge in [0.2, 0.25) is 0 Å². The number of sulfonamides is 1. The normalized spacial score (nSPS) is 12.8. The van der Waals surface area contributed by atoms with Crippen molar-refractivity contribution in [1.29, 1.82) is 0 Å². The van der Waals surface area contributed by atoms with Gasteiger partial charge in [-0.25, -0.2) is 8.42 Å². The molecule has 8 heteroatoms. The third kappa shape index (κ3) is 5.29. The van der Waals surface area contributed by atoms with E-state index < -0.39 is 10.0 Å². The van der Waals surface area contributed by atoms with Crippen molar-refractivity contribution in [2.45, 2.75) is 24.0 Å². The lowest BCUT2D eigenvalue weighted by atomic mass is 10.0. The van der Waals surface area contributed by atoms with Gasteiger partial charge in [0.15, 0.2) is 5.96 Å². The third-order valence-electron chi connectivity index (χ3n) is 3.68. The molecule has 0 aliphatic heterocycles. The quantitative estimate of drug-likeness (QED) is 0.571. The van der Waals surface area contributed by atoms with Crippen molar-refractivity contribution in [3.63, 3.8) is 0 Å².